The predicted molar refractivity (Wildman–Crippen MR) is 55.3 cm³/mol. The highest BCUT2D eigenvalue weighted by atomic mass is 35.5. The average molecular weight is 236 g/mol. The second kappa shape index (κ2) is 5.88. The maximum Gasteiger partial charge on any atom is 0.272 e. The highest BCUT2D eigenvalue weighted by Crippen LogP contribution is 2.19. The number of ether oxygens (including phenoxy) is 1. The topological polar surface area (TPSA) is 21.3 Å². The van der Waals surface area contributed by atoms with Crippen LogP contribution in [0.5, 0.6) is 5.75 Å². The molecule has 0 aliphatic heterocycles. The van der Waals surface area contributed by atoms with Gasteiger partial charge in [0.25, 0.3) is 6.43 Å². The summed E-state index contributed by atoms with van der Waals surface area (Å²) in [6.07, 6.45) is -2.46. The van der Waals surface area contributed by atoms with E-state index >= 15 is 0 Å². The van der Waals surface area contributed by atoms with Gasteiger partial charge in [0.15, 0.2) is 0 Å². The quantitative estimate of drug-likeness (QED) is 0.792. The minimum Gasteiger partial charge on any atom is -0.488 e. The van der Waals surface area contributed by atoms with E-state index in [1.165, 1.54) is 0 Å². The fourth-order valence-corrected chi connectivity index (χ4v) is 1.22. The van der Waals surface area contributed by atoms with E-state index < -0.39 is 13.0 Å². The summed E-state index contributed by atoms with van der Waals surface area (Å²) in [5.41, 5.74) is 0.886. The van der Waals surface area contributed by atoms with Gasteiger partial charge in [-0.1, -0.05) is 12.1 Å². The number of hydrogen-bond acceptors (Lipinski definition) is 2. The van der Waals surface area contributed by atoms with Crippen LogP contribution in [0.15, 0.2) is 24.3 Å². The molecule has 1 atom stereocenters. The Morgan fingerprint density at radius 1 is 1.47 bits per heavy atom. The summed E-state index contributed by atoms with van der Waals surface area (Å²) >= 11 is 5.46. The molecule has 0 spiro atoms. The highest BCUT2D eigenvalue weighted by Gasteiger charge is 2.06. The Morgan fingerprint density at radius 2 is 2.20 bits per heavy atom. The molecule has 0 fully saturated rings. The van der Waals surface area contributed by atoms with Crippen molar-refractivity contribution in [1.29, 1.82) is 0 Å². The lowest BCUT2D eigenvalue weighted by atomic mass is 10.1. The zero-order chi connectivity index (χ0) is 11.3. The number of nitrogens with one attached hydrogen (secondary N) is 1. The van der Waals surface area contributed by atoms with E-state index in [1.807, 2.05) is 13.0 Å². The van der Waals surface area contributed by atoms with Gasteiger partial charge in [0.05, 0.1) is 0 Å². The smallest absolute Gasteiger partial charge is 0.272 e. The van der Waals surface area contributed by atoms with Crippen molar-refractivity contribution in [2.75, 3.05) is 6.61 Å². The minimum absolute atomic E-state index is 0.0539. The molecule has 0 aromatic heterocycles. The lowest BCUT2D eigenvalue weighted by Gasteiger charge is -2.11. The molecule has 0 heterocycles. The number of hydrogen-bond donors (Lipinski definition) is 1. The molecule has 0 bridgehead atoms. The third kappa shape index (κ3) is 4.01. The number of rotatable bonds is 5. The fourth-order valence-electron chi connectivity index (χ4n) is 1.10. The van der Waals surface area contributed by atoms with Gasteiger partial charge in [0.2, 0.25) is 0 Å². The van der Waals surface area contributed by atoms with Crippen molar-refractivity contribution in [2.24, 2.45) is 0 Å². The molecule has 15 heavy (non-hydrogen) atoms. The van der Waals surface area contributed by atoms with Gasteiger partial charge in [0, 0.05) is 6.04 Å². The summed E-state index contributed by atoms with van der Waals surface area (Å²) in [4.78, 5) is 2.54. The summed E-state index contributed by atoms with van der Waals surface area (Å²) in [5, 5.41) is 0. The first-order chi connectivity index (χ1) is 7.13. The third-order valence-electron chi connectivity index (χ3n) is 1.90. The van der Waals surface area contributed by atoms with Gasteiger partial charge >= 0.3 is 0 Å². The van der Waals surface area contributed by atoms with Crippen molar-refractivity contribution >= 4 is 11.8 Å². The number of benzene rings is 1. The Hall–Kier alpha value is -0.870. The maximum atomic E-state index is 11.9. The Labute approximate surface area is 92.3 Å². The van der Waals surface area contributed by atoms with Crippen LogP contribution in [-0.2, 0) is 0 Å². The summed E-state index contributed by atoms with van der Waals surface area (Å²) in [6.45, 7) is 1.27. The first-order valence-corrected chi connectivity index (χ1v) is 4.88. The second-order valence-electron chi connectivity index (χ2n) is 3.11. The first kappa shape index (κ1) is 12.2. The van der Waals surface area contributed by atoms with E-state index in [9.17, 15) is 8.78 Å². The van der Waals surface area contributed by atoms with Gasteiger partial charge in [-0.15, -0.1) is 0 Å². The third-order valence-corrected chi connectivity index (χ3v) is 2.23. The molecule has 1 N–H and O–H groups in total. The molecule has 0 unspecified atom stereocenters. The Morgan fingerprint density at radius 3 is 2.80 bits per heavy atom. The van der Waals surface area contributed by atoms with Gasteiger partial charge in [0.1, 0.15) is 12.4 Å². The molecule has 0 saturated heterocycles. The summed E-state index contributed by atoms with van der Waals surface area (Å²) in [6, 6.07) is 6.84. The lowest BCUT2D eigenvalue weighted by Crippen LogP contribution is -2.09. The van der Waals surface area contributed by atoms with Crippen LogP contribution in [0, 0.1) is 0 Å². The normalized spacial score (nSPS) is 12.9. The molecular weight excluding hydrogens is 224 g/mol. The monoisotopic (exact) mass is 235 g/mol. The summed E-state index contributed by atoms with van der Waals surface area (Å²) < 4.78 is 28.7. The van der Waals surface area contributed by atoms with Crippen LogP contribution in [0.2, 0.25) is 0 Å². The fraction of sp³-hybridized carbons (Fsp3) is 0.400. The lowest BCUT2D eigenvalue weighted by molar-refractivity contribution is 0.0818. The number of halogens is 3. The summed E-state index contributed by atoms with van der Waals surface area (Å²) in [7, 11) is 0. The van der Waals surface area contributed by atoms with Crippen LogP contribution >= 0.6 is 11.8 Å². The van der Waals surface area contributed by atoms with E-state index in [0.29, 0.717) is 5.75 Å². The van der Waals surface area contributed by atoms with Crippen molar-refractivity contribution in [3.63, 3.8) is 0 Å². The van der Waals surface area contributed by atoms with Gasteiger partial charge in [-0.3, -0.25) is 0 Å². The first-order valence-electron chi connectivity index (χ1n) is 4.50. The minimum atomic E-state index is -2.46. The molecule has 5 heteroatoms. The van der Waals surface area contributed by atoms with Gasteiger partial charge in [-0.2, -0.15) is 0 Å². The SMILES string of the molecule is C[C@@H](NCl)c1cccc(OCC(F)F)c1. The van der Waals surface area contributed by atoms with Gasteiger partial charge in [-0.05, 0) is 36.4 Å². The standard InChI is InChI=1S/C10H12ClF2NO/c1-7(14-11)8-3-2-4-9(5-8)15-6-10(12)13/h2-5,7,10,14H,6H2,1H3/t7-/m1/s1. The van der Waals surface area contributed by atoms with Crippen LogP contribution in [0.1, 0.15) is 18.5 Å². The van der Waals surface area contributed by atoms with E-state index in [1.54, 1.807) is 18.2 Å². The molecule has 1 rings (SSSR count). The average Bonchev–Trinajstić information content (AvgIpc) is 2.25. The zero-order valence-electron chi connectivity index (χ0n) is 8.21. The second-order valence-corrected chi connectivity index (χ2v) is 3.32. The molecule has 1 aromatic carbocycles. The van der Waals surface area contributed by atoms with E-state index in [-0.39, 0.29) is 6.04 Å². The van der Waals surface area contributed by atoms with Gasteiger partial charge < -0.3 is 4.74 Å². The van der Waals surface area contributed by atoms with Crippen molar-refractivity contribution < 1.29 is 13.5 Å². The Bertz CT molecular complexity index is 309. The Kier molecular flexibility index (Phi) is 4.78. The molecule has 0 saturated carbocycles. The maximum absolute atomic E-state index is 11.9. The molecule has 2 nitrogen and oxygen atoms in total. The predicted octanol–water partition coefficient (Wildman–Crippen LogP) is 3.13. The highest BCUT2D eigenvalue weighted by molar-refractivity contribution is 6.13. The van der Waals surface area contributed by atoms with Crippen LogP contribution in [0.3, 0.4) is 0 Å². The van der Waals surface area contributed by atoms with Crippen LogP contribution in [0.4, 0.5) is 8.78 Å². The van der Waals surface area contributed by atoms with Crippen molar-refractivity contribution in [3.05, 3.63) is 29.8 Å². The number of alkyl halides is 2. The molecule has 0 aliphatic carbocycles. The van der Waals surface area contributed by atoms with Crippen LogP contribution < -0.4 is 9.57 Å². The van der Waals surface area contributed by atoms with Crippen LogP contribution in [-0.4, -0.2) is 13.0 Å². The summed E-state index contributed by atoms with van der Waals surface area (Å²) in [5.74, 6) is 0.423. The molecule has 84 valence electrons. The van der Waals surface area contributed by atoms with E-state index in [2.05, 4.69) is 4.84 Å². The van der Waals surface area contributed by atoms with Gasteiger partial charge in [-0.25, -0.2) is 13.6 Å². The van der Waals surface area contributed by atoms with E-state index in [4.69, 9.17) is 16.5 Å². The molecular formula is C10H12ClF2NO. The van der Waals surface area contributed by atoms with Crippen molar-refractivity contribution in [1.82, 2.24) is 4.84 Å². The van der Waals surface area contributed by atoms with Crippen LogP contribution in [0.25, 0.3) is 0 Å². The van der Waals surface area contributed by atoms with Crippen molar-refractivity contribution in [3.8, 4) is 5.75 Å². The molecule has 0 radical (unpaired) electrons. The largest absolute Gasteiger partial charge is 0.488 e. The molecule has 0 aliphatic rings. The van der Waals surface area contributed by atoms with Crippen molar-refractivity contribution in [2.45, 2.75) is 19.4 Å². The zero-order valence-corrected chi connectivity index (χ0v) is 8.97. The molecule has 0 amide bonds. The molecule has 1 aromatic rings. The van der Waals surface area contributed by atoms with E-state index in [0.717, 1.165) is 5.56 Å². The Balaban J connectivity index is 2.65.